The predicted molar refractivity (Wildman–Crippen MR) is 115 cm³/mol. The second kappa shape index (κ2) is 9.67. The van der Waals surface area contributed by atoms with Crippen LogP contribution in [-0.2, 0) is 0 Å². The topological polar surface area (TPSA) is 58.6 Å². The molecule has 2 amide bonds. The number of urea groups is 1. The summed E-state index contributed by atoms with van der Waals surface area (Å²) in [5.41, 5.74) is 1.10. The largest absolute Gasteiger partial charge is 0.497 e. The van der Waals surface area contributed by atoms with Crippen molar-refractivity contribution < 1.29 is 18.7 Å². The first-order chi connectivity index (χ1) is 14.3. The van der Waals surface area contributed by atoms with Crippen LogP contribution in [0.4, 0.5) is 9.18 Å². The van der Waals surface area contributed by atoms with Gasteiger partial charge in [-0.25, -0.2) is 9.18 Å². The highest BCUT2D eigenvalue weighted by molar-refractivity contribution is 6.35. The normalized spacial score (nSPS) is 15.6. The molecule has 2 aromatic rings. The Morgan fingerprint density at radius 1 is 1.13 bits per heavy atom. The van der Waals surface area contributed by atoms with Crippen molar-refractivity contribution in [3.8, 4) is 5.75 Å². The van der Waals surface area contributed by atoms with Crippen LogP contribution in [0, 0.1) is 11.7 Å². The minimum absolute atomic E-state index is 0.0640. The van der Waals surface area contributed by atoms with Crippen LogP contribution in [0.3, 0.4) is 0 Å². The lowest BCUT2D eigenvalue weighted by Crippen LogP contribution is -2.46. The Morgan fingerprint density at radius 2 is 1.77 bits per heavy atom. The Hall–Kier alpha value is -2.31. The van der Waals surface area contributed by atoms with Gasteiger partial charge in [0.1, 0.15) is 11.6 Å². The van der Waals surface area contributed by atoms with Crippen LogP contribution in [0.2, 0.25) is 10.0 Å². The number of methoxy groups -OCH3 is 1. The molecule has 0 saturated carbocycles. The van der Waals surface area contributed by atoms with E-state index in [1.807, 2.05) is 0 Å². The molecule has 1 fully saturated rings. The number of likely N-dealkylation sites (tertiary alicyclic amines) is 1. The number of rotatable bonds is 5. The molecule has 5 nitrogen and oxygen atoms in total. The Balaban J connectivity index is 1.56. The summed E-state index contributed by atoms with van der Waals surface area (Å²) in [4.78, 5) is 27.0. The van der Waals surface area contributed by atoms with Gasteiger partial charge >= 0.3 is 6.03 Å². The van der Waals surface area contributed by atoms with Gasteiger partial charge < -0.3 is 15.0 Å². The third-order valence-electron chi connectivity index (χ3n) is 5.37. The fourth-order valence-electron chi connectivity index (χ4n) is 3.56. The van der Waals surface area contributed by atoms with Gasteiger partial charge in [0, 0.05) is 29.6 Å². The average molecular weight is 453 g/mol. The lowest BCUT2D eigenvalue weighted by molar-refractivity contribution is 0.0853. The molecular formula is C22H23Cl2FN2O3. The zero-order valence-corrected chi connectivity index (χ0v) is 18.3. The van der Waals surface area contributed by atoms with Gasteiger partial charge in [-0.05, 0) is 61.7 Å². The second-order valence-electron chi connectivity index (χ2n) is 7.31. The molecule has 1 heterocycles. The van der Waals surface area contributed by atoms with Crippen molar-refractivity contribution in [1.29, 1.82) is 0 Å². The van der Waals surface area contributed by atoms with Crippen LogP contribution >= 0.6 is 23.2 Å². The van der Waals surface area contributed by atoms with Gasteiger partial charge in [0.25, 0.3) is 0 Å². The highest BCUT2D eigenvalue weighted by atomic mass is 35.5. The van der Waals surface area contributed by atoms with Crippen LogP contribution in [0.5, 0.6) is 5.75 Å². The first-order valence-electron chi connectivity index (χ1n) is 9.68. The lowest BCUT2D eigenvalue weighted by Gasteiger charge is -2.32. The van der Waals surface area contributed by atoms with E-state index < -0.39 is 11.9 Å². The van der Waals surface area contributed by atoms with Gasteiger partial charge in [-0.3, -0.25) is 4.79 Å². The van der Waals surface area contributed by atoms with E-state index in [0.717, 1.165) is 0 Å². The Labute approximate surface area is 185 Å². The first kappa shape index (κ1) is 22.4. The molecule has 8 heteroatoms. The van der Waals surface area contributed by atoms with Crippen molar-refractivity contribution in [1.82, 2.24) is 10.2 Å². The molecule has 1 aliphatic rings. The fourth-order valence-corrected chi connectivity index (χ4v) is 4.11. The van der Waals surface area contributed by atoms with Crippen molar-refractivity contribution in [2.24, 2.45) is 5.92 Å². The van der Waals surface area contributed by atoms with Crippen molar-refractivity contribution in [3.05, 3.63) is 63.4 Å². The monoisotopic (exact) mass is 452 g/mol. The number of ether oxygens (including phenoxy) is 1. The quantitative estimate of drug-likeness (QED) is 0.480. The molecule has 0 spiro atoms. The predicted octanol–water partition coefficient (Wildman–Crippen LogP) is 5.51. The molecule has 160 valence electrons. The van der Waals surface area contributed by atoms with E-state index in [1.54, 1.807) is 43.2 Å². The van der Waals surface area contributed by atoms with Gasteiger partial charge in [-0.15, -0.1) is 0 Å². The molecule has 1 aliphatic heterocycles. The van der Waals surface area contributed by atoms with Crippen molar-refractivity contribution in [2.45, 2.75) is 25.8 Å². The molecule has 0 aromatic heterocycles. The summed E-state index contributed by atoms with van der Waals surface area (Å²) in [7, 11) is 1.58. The van der Waals surface area contributed by atoms with E-state index in [9.17, 15) is 14.0 Å². The third-order valence-corrected chi connectivity index (χ3v) is 5.99. The van der Waals surface area contributed by atoms with Gasteiger partial charge in [0.2, 0.25) is 0 Å². The highest BCUT2D eigenvalue weighted by Crippen LogP contribution is 2.29. The number of amides is 2. The van der Waals surface area contributed by atoms with Crippen LogP contribution < -0.4 is 10.1 Å². The number of piperidine rings is 1. The van der Waals surface area contributed by atoms with Crippen molar-refractivity contribution >= 4 is 35.0 Å². The second-order valence-corrected chi connectivity index (χ2v) is 8.13. The average Bonchev–Trinajstić information content (AvgIpc) is 2.75. The van der Waals surface area contributed by atoms with E-state index in [1.165, 1.54) is 12.1 Å². The summed E-state index contributed by atoms with van der Waals surface area (Å²) >= 11 is 11.9. The van der Waals surface area contributed by atoms with E-state index in [2.05, 4.69) is 5.32 Å². The summed E-state index contributed by atoms with van der Waals surface area (Å²) in [5, 5.41) is 3.06. The Kier molecular flexibility index (Phi) is 7.21. The lowest BCUT2D eigenvalue weighted by atomic mass is 9.89. The maximum atomic E-state index is 13.8. The number of Topliss-reactive ketones (excluding diaryl/α,β-unsaturated/α-hetero) is 1. The van der Waals surface area contributed by atoms with Gasteiger partial charge in [0.15, 0.2) is 5.78 Å². The van der Waals surface area contributed by atoms with Crippen LogP contribution in [0.15, 0.2) is 36.4 Å². The molecule has 0 aliphatic carbocycles. The molecule has 1 atom stereocenters. The maximum Gasteiger partial charge on any atom is 0.317 e. The van der Waals surface area contributed by atoms with Crippen LogP contribution in [0.1, 0.15) is 41.7 Å². The van der Waals surface area contributed by atoms with Crippen molar-refractivity contribution in [2.75, 3.05) is 20.2 Å². The zero-order chi connectivity index (χ0) is 21.8. The number of hydrogen-bond donors (Lipinski definition) is 1. The molecule has 30 heavy (non-hydrogen) atoms. The number of nitrogens with one attached hydrogen (secondary N) is 1. The first-order valence-corrected chi connectivity index (χ1v) is 10.4. The Morgan fingerprint density at radius 3 is 2.37 bits per heavy atom. The fraction of sp³-hybridized carbons (Fsp3) is 0.364. The minimum Gasteiger partial charge on any atom is -0.497 e. The summed E-state index contributed by atoms with van der Waals surface area (Å²) in [6.07, 6.45) is 1.17. The van der Waals surface area contributed by atoms with Gasteiger partial charge in [0.05, 0.1) is 18.2 Å². The zero-order valence-electron chi connectivity index (χ0n) is 16.8. The van der Waals surface area contributed by atoms with E-state index in [0.29, 0.717) is 42.8 Å². The summed E-state index contributed by atoms with van der Waals surface area (Å²) < 4.78 is 18.9. The molecule has 2 aromatic carbocycles. The number of nitrogens with zero attached hydrogens (tertiary/aromatic N) is 1. The van der Waals surface area contributed by atoms with Crippen LogP contribution in [0.25, 0.3) is 0 Å². The molecule has 0 bridgehead atoms. The number of benzene rings is 2. The molecule has 0 radical (unpaired) electrons. The van der Waals surface area contributed by atoms with Crippen LogP contribution in [-0.4, -0.2) is 36.9 Å². The third kappa shape index (κ3) is 5.05. The molecule has 3 rings (SSSR count). The number of ketones is 1. The Bertz CT molecular complexity index is 929. The van der Waals surface area contributed by atoms with E-state index >= 15 is 0 Å². The molecular weight excluding hydrogens is 430 g/mol. The number of carbonyl (C=O) groups is 2. The van der Waals surface area contributed by atoms with Gasteiger partial charge in [-0.2, -0.15) is 0 Å². The van der Waals surface area contributed by atoms with Crippen molar-refractivity contribution in [3.63, 3.8) is 0 Å². The SMILES string of the molecule is COc1ccc(C(=O)C2CCN(C(=O)NC(C)c3cc(F)c(Cl)cc3Cl)CC2)cc1. The smallest absolute Gasteiger partial charge is 0.317 e. The summed E-state index contributed by atoms with van der Waals surface area (Å²) in [6, 6.07) is 8.85. The molecule has 1 N–H and O–H groups in total. The van der Waals surface area contributed by atoms with E-state index in [4.69, 9.17) is 27.9 Å². The molecule has 1 saturated heterocycles. The molecule has 1 unspecified atom stereocenters. The standard InChI is InChI=1S/C22H23Cl2FN2O3/c1-13(17-11-20(25)19(24)12-18(17)23)26-22(29)27-9-7-15(8-10-27)21(28)14-3-5-16(30-2)6-4-14/h3-6,11-13,15H,7-10H2,1-2H3,(H,26,29). The number of halogens is 3. The number of hydrogen-bond acceptors (Lipinski definition) is 3. The van der Waals surface area contributed by atoms with Gasteiger partial charge in [-0.1, -0.05) is 23.2 Å². The highest BCUT2D eigenvalue weighted by Gasteiger charge is 2.29. The maximum absolute atomic E-state index is 13.8. The summed E-state index contributed by atoms with van der Waals surface area (Å²) in [6.45, 7) is 2.66. The van der Waals surface area contributed by atoms with E-state index in [-0.39, 0.29) is 27.8 Å². The minimum atomic E-state index is -0.588. The number of carbonyl (C=O) groups excluding carboxylic acids is 2. The summed E-state index contributed by atoms with van der Waals surface area (Å²) in [5.74, 6) is 0.0667.